The van der Waals surface area contributed by atoms with Gasteiger partial charge in [0.1, 0.15) is 5.82 Å². The van der Waals surface area contributed by atoms with E-state index in [1.165, 1.54) is 22.1 Å². The maximum atomic E-state index is 12.7. The molecule has 3 aromatic rings. The van der Waals surface area contributed by atoms with E-state index in [1.54, 1.807) is 11.6 Å². The molecule has 1 aliphatic rings. The van der Waals surface area contributed by atoms with E-state index in [0.717, 1.165) is 30.6 Å². The van der Waals surface area contributed by atoms with Gasteiger partial charge in [-0.15, -0.1) is 0 Å². The second kappa shape index (κ2) is 7.38. The molecule has 2 aromatic carbocycles. The minimum atomic E-state index is -0.345. The molecule has 2 amide bonds. The van der Waals surface area contributed by atoms with Gasteiger partial charge in [-0.25, -0.2) is 9.59 Å². The second-order valence-corrected chi connectivity index (χ2v) is 7.18. The zero-order chi connectivity index (χ0) is 19.7. The molecule has 1 aromatic heterocycles. The van der Waals surface area contributed by atoms with E-state index in [2.05, 4.69) is 16.7 Å². The quantitative estimate of drug-likeness (QED) is 0.725. The first-order valence-electron chi connectivity index (χ1n) is 9.59. The molecule has 1 aliphatic carbocycles. The number of aromatic nitrogens is 2. The Labute approximate surface area is 163 Å². The molecule has 6 heteroatoms. The summed E-state index contributed by atoms with van der Waals surface area (Å²) in [5.41, 5.74) is 4.63. The topological polar surface area (TPSA) is 68.1 Å². The fourth-order valence-corrected chi connectivity index (χ4v) is 3.95. The molecule has 144 valence electrons. The molecular weight excluding hydrogens is 352 g/mol. The molecule has 0 atom stereocenters. The first kappa shape index (κ1) is 18.1. The number of fused-ring (bicyclic) bond motifs is 1. The number of nitrogens with zero attached hydrogens (tertiary/aromatic N) is 2. The fourth-order valence-electron chi connectivity index (χ4n) is 3.95. The molecule has 0 saturated heterocycles. The number of amides is 2. The number of hydrogen-bond acceptors (Lipinski definition) is 2. The van der Waals surface area contributed by atoms with E-state index >= 15 is 0 Å². The highest BCUT2D eigenvalue weighted by atomic mass is 16.2. The number of rotatable bonds is 3. The van der Waals surface area contributed by atoms with Crippen molar-refractivity contribution in [3.05, 3.63) is 75.8 Å². The first-order chi connectivity index (χ1) is 13.6. The molecule has 0 unspecified atom stereocenters. The Morgan fingerprint density at radius 2 is 1.71 bits per heavy atom. The molecule has 0 aliphatic heterocycles. The fraction of sp³-hybridized carbons (Fsp3) is 0.273. The summed E-state index contributed by atoms with van der Waals surface area (Å²) in [6.07, 6.45) is 4.37. The molecule has 0 saturated carbocycles. The molecule has 0 spiro atoms. The van der Waals surface area contributed by atoms with E-state index in [1.807, 2.05) is 49.4 Å². The van der Waals surface area contributed by atoms with Gasteiger partial charge < -0.3 is 5.32 Å². The Kier molecular flexibility index (Phi) is 4.77. The Bertz CT molecular complexity index is 1080. The highest BCUT2D eigenvalue weighted by Gasteiger charge is 2.19. The van der Waals surface area contributed by atoms with Crippen LogP contribution in [0.2, 0.25) is 0 Å². The monoisotopic (exact) mass is 376 g/mol. The zero-order valence-electron chi connectivity index (χ0n) is 16.2. The number of imidazole rings is 1. The van der Waals surface area contributed by atoms with Crippen LogP contribution < -0.4 is 16.3 Å². The number of nitrogens with one attached hydrogen (secondary N) is 2. The SMILES string of the molecule is Cc1c(NC(=O)Nc2cccc3c2CCCC3)n(C)c(=O)n1-c1ccccc1. The summed E-state index contributed by atoms with van der Waals surface area (Å²) in [6, 6.07) is 15.1. The van der Waals surface area contributed by atoms with Crippen LogP contribution in [0.15, 0.2) is 53.3 Å². The van der Waals surface area contributed by atoms with Crippen LogP contribution in [0.3, 0.4) is 0 Å². The van der Waals surface area contributed by atoms with Crippen molar-refractivity contribution in [2.45, 2.75) is 32.6 Å². The summed E-state index contributed by atoms with van der Waals surface area (Å²) in [5, 5.41) is 5.82. The van der Waals surface area contributed by atoms with Crippen LogP contribution in [0.4, 0.5) is 16.3 Å². The summed E-state index contributed by atoms with van der Waals surface area (Å²) in [4.78, 5) is 25.4. The van der Waals surface area contributed by atoms with Crippen LogP contribution in [-0.2, 0) is 19.9 Å². The Morgan fingerprint density at radius 3 is 2.50 bits per heavy atom. The van der Waals surface area contributed by atoms with Gasteiger partial charge in [-0.05, 0) is 61.9 Å². The van der Waals surface area contributed by atoms with Crippen LogP contribution in [0.5, 0.6) is 0 Å². The van der Waals surface area contributed by atoms with Crippen LogP contribution in [0, 0.1) is 6.92 Å². The van der Waals surface area contributed by atoms with Crippen LogP contribution in [-0.4, -0.2) is 15.2 Å². The van der Waals surface area contributed by atoms with Crippen LogP contribution in [0.25, 0.3) is 5.69 Å². The summed E-state index contributed by atoms with van der Waals surface area (Å²) in [7, 11) is 1.66. The van der Waals surface area contributed by atoms with Crippen molar-refractivity contribution in [2.24, 2.45) is 7.05 Å². The van der Waals surface area contributed by atoms with Crippen molar-refractivity contribution in [1.29, 1.82) is 0 Å². The van der Waals surface area contributed by atoms with Gasteiger partial charge in [0.2, 0.25) is 0 Å². The molecule has 0 fully saturated rings. The summed E-state index contributed by atoms with van der Waals surface area (Å²) < 4.78 is 3.06. The smallest absolute Gasteiger partial charge is 0.307 e. The maximum absolute atomic E-state index is 12.7. The third kappa shape index (κ3) is 3.22. The van der Waals surface area contributed by atoms with Crippen LogP contribution >= 0.6 is 0 Å². The number of carbonyl (C=O) groups excluding carboxylic acids is 1. The number of para-hydroxylation sites is 1. The molecule has 1 heterocycles. The van der Waals surface area contributed by atoms with Crippen molar-refractivity contribution < 1.29 is 4.79 Å². The standard InChI is InChI=1S/C22H24N4O2/c1-15-20(25(2)22(28)26(15)17-11-4-3-5-12-17)24-21(27)23-19-14-8-10-16-9-6-7-13-18(16)19/h3-5,8,10-12,14H,6-7,9,13H2,1-2H3,(H2,23,24,27). The highest BCUT2D eigenvalue weighted by molar-refractivity contribution is 6.00. The summed E-state index contributed by atoms with van der Waals surface area (Å²) in [6.45, 7) is 1.83. The van der Waals surface area contributed by atoms with Gasteiger partial charge in [0.05, 0.1) is 11.4 Å². The minimum absolute atomic E-state index is 0.198. The third-order valence-electron chi connectivity index (χ3n) is 5.38. The molecule has 4 rings (SSSR count). The normalized spacial score (nSPS) is 13.1. The lowest BCUT2D eigenvalue weighted by Gasteiger charge is -2.19. The Balaban J connectivity index is 1.60. The average molecular weight is 376 g/mol. The molecule has 0 bridgehead atoms. The highest BCUT2D eigenvalue weighted by Crippen LogP contribution is 2.28. The number of carbonyl (C=O) groups is 1. The number of benzene rings is 2. The Hall–Kier alpha value is -3.28. The van der Waals surface area contributed by atoms with Crippen molar-refractivity contribution in [3.63, 3.8) is 0 Å². The van der Waals surface area contributed by atoms with Crippen molar-refractivity contribution in [1.82, 2.24) is 9.13 Å². The number of urea groups is 1. The molecule has 6 nitrogen and oxygen atoms in total. The maximum Gasteiger partial charge on any atom is 0.334 e. The van der Waals surface area contributed by atoms with Crippen molar-refractivity contribution >= 4 is 17.5 Å². The Morgan fingerprint density at radius 1 is 0.964 bits per heavy atom. The van der Waals surface area contributed by atoms with Gasteiger partial charge in [0.15, 0.2) is 0 Å². The first-order valence-corrected chi connectivity index (χ1v) is 9.59. The molecule has 0 radical (unpaired) electrons. The second-order valence-electron chi connectivity index (χ2n) is 7.18. The average Bonchev–Trinajstić information content (AvgIpc) is 2.92. The van der Waals surface area contributed by atoms with Crippen molar-refractivity contribution in [2.75, 3.05) is 10.6 Å². The van der Waals surface area contributed by atoms with E-state index in [9.17, 15) is 9.59 Å². The zero-order valence-corrected chi connectivity index (χ0v) is 16.2. The van der Waals surface area contributed by atoms with E-state index < -0.39 is 0 Å². The van der Waals surface area contributed by atoms with Crippen LogP contribution in [0.1, 0.15) is 29.7 Å². The third-order valence-corrected chi connectivity index (χ3v) is 5.38. The van der Waals surface area contributed by atoms with E-state index in [-0.39, 0.29) is 11.7 Å². The predicted molar refractivity (Wildman–Crippen MR) is 111 cm³/mol. The minimum Gasteiger partial charge on any atom is -0.307 e. The lowest BCUT2D eigenvalue weighted by Crippen LogP contribution is -2.25. The number of hydrogen-bond donors (Lipinski definition) is 2. The summed E-state index contributed by atoms with van der Waals surface area (Å²) >= 11 is 0. The lowest BCUT2D eigenvalue weighted by atomic mass is 9.90. The number of anilines is 2. The molecule has 28 heavy (non-hydrogen) atoms. The van der Waals surface area contributed by atoms with Gasteiger partial charge in [-0.2, -0.15) is 0 Å². The largest absolute Gasteiger partial charge is 0.334 e. The predicted octanol–water partition coefficient (Wildman–Crippen LogP) is 4.01. The number of aryl methyl sites for hydroxylation is 1. The van der Waals surface area contributed by atoms with Gasteiger partial charge in [0, 0.05) is 12.7 Å². The van der Waals surface area contributed by atoms with Gasteiger partial charge in [-0.3, -0.25) is 14.5 Å². The van der Waals surface area contributed by atoms with E-state index in [4.69, 9.17) is 0 Å². The van der Waals surface area contributed by atoms with E-state index in [0.29, 0.717) is 11.5 Å². The van der Waals surface area contributed by atoms with Gasteiger partial charge in [-0.1, -0.05) is 30.3 Å². The summed E-state index contributed by atoms with van der Waals surface area (Å²) in [5.74, 6) is 0.483. The molecular formula is C22H24N4O2. The van der Waals surface area contributed by atoms with Gasteiger partial charge >= 0.3 is 11.7 Å². The van der Waals surface area contributed by atoms with Gasteiger partial charge in [0.25, 0.3) is 0 Å². The lowest BCUT2D eigenvalue weighted by molar-refractivity contribution is 0.262. The molecule has 2 N–H and O–H groups in total. The van der Waals surface area contributed by atoms with Crippen molar-refractivity contribution in [3.8, 4) is 5.69 Å².